The van der Waals surface area contributed by atoms with E-state index in [1.165, 1.54) is 0 Å². The zero-order valence-corrected chi connectivity index (χ0v) is 13.1. The number of rotatable bonds is 2. The summed E-state index contributed by atoms with van der Waals surface area (Å²) in [6.07, 6.45) is -22.8. The van der Waals surface area contributed by atoms with Crippen molar-refractivity contribution in [3.63, 3.8) is 0 Å². The monoisotopic (exact) mass is 420 g/mol. The fraction of sp³-hybridized carbons (Fsp3) is 0.583. The van der Waals surface area contributed by atoms with Gasteiger partial charge in [-0.2, -0.15) is 26.3 Å². The average Bonchev–Trinajstić information content (AvgIpc) is 3.07. The van der Waals surface area contributed by atoms with Gasteiger partial charge in [-0.15, -0.1) is 0 Å². The lowest BCUT2D eigenvalue weighted by molar-refractivity contribution is -0.398. The van der Waals surface area contributed by atoms with Gasteiger partial charge < -0.3 is 20.1 Å². The quantitative estimate of drug-likeness (QED) is 0.386. The van der Waals surface area contributed by atoms with Crippen LogP contribution < -0.4 is 11.2 Å². The third-order valence-electron chi connectivity index (χ3n) is 4.26. The van der Waals surface area contributed by atoms with Gasteiger partial charge in [0.25, 0.3) is 11.2 Å². The molecule has 1 aliphatic rings. The van der Waals surface area contributed by atoms with Gasteiger partial charge in [-0.3, -0.25) is 19.3 Å². The lowest BCUT2D eigenvalue weighted by Crippen LogP contribution is -2.67. The van der Waals surface area contributed by atoms with E-state index in [4.69, 9.17) is 0 Å². The van der Waals surface area contributed by atoms with Crippen molar-refractivity contribution < 1.29 is 46.4 Å². The number of ether oxygens (including phenoxy) is 1. The molecule has 10 nitrogen and oxygen atoms in total. The number of hydrogen-bond acceptors (Lipinski definition) is 7. The Balaban J connectivity index is 2.11. The van der Waals surface area contributed by atoms with Crippen molar-refractivity contribution in [2.24, 2.45) is 0 Å². The number of aromatic amines is 2. The topological polar surface area (TPSA) is 153 Å². The summed E-state index contributed by atoms with van der Waals surface area (Å²) >= 11 is 0. The Morgan fingerprint density at radius 3 is 2.14 bits per heavy atom. The van der Waals surface area contributed by atoms with E-state index in [0.717, 1.165) is 0 Å². The van der Waals surface area contributed by atoms with Gasteiger partial charge in [0, 0.05) is 0 Å². The molecule has 1 aliphatic heterocycles. The number of fused-ring (bicyclic) bond motifs is 1. The van der Waals surface area contributed by atoms with Crippen molar-refractivity contribution in [3.05, 3.63) is 27.2 Å². The molecule has 2 aromatic heterocycles. The minimum absolute atomic E-state index is 0.477. The van der Waals surface area contributed by atoms with Crippen LogP contribution in [0.5, 0.6) is 0 Å². The Morgan fingerprint density at radius 2 is 1.61 bits per heavy atom. The maximum absolute atomic E-state index is 13.0. The van der Waals surface area contributed by atoms with E-state index in [1.807, 2.05) is 4.98 Å². The van der Waals surface area contributed by atoms with Crippen molar-refractivity contribution in [2.45, 2.75) is 42.5 Å². The summed E-state index contributed by atoms with van der Waals surface area (Å²) < 4.78 is 83.2. The molecule has 0 unspecified atom stereocenters. The normalized spacial score (nSPS) is 26.9. The standard InChI is InChI=1S/C12H10F6N4O6/c13-11(14,15)10(27,12(16,17)18)5-3(23)4(24)8(28-5)22-1-19-2-6(22)20-9(26)21-7(2)25/h1,3-5,8,23-24,27H,(H2,20,21,25,26)/t3-,4+,5-,8+/m0/s1. The lowest BCUT2D eigenvalue weighted by Gasteiger charge is -2.37. The molecule has 3 rings (SSSR count). The highest BCUT2D eigenvalue weighted by atomic mass is 19.4. The van der Waals surface area contributed by atoms with Crippen LogP contribution in [0.2, 0.25) is 0 Å². The van der Waals surface area contributed by atoms with E-state index in [9.17, 15) is 51.3 Å². The molecule has 0 amide bonds. The first-order valence-electron chi connectivity index (χ1n) is 7.26. The molecule has 16 heteroatoms. The number of alkyl halides is 6. The molecule has 5 N–H and O–H groups in total. The zero-order valence-electron chi connectivity index (χ0n) is 13.1. The van der Waals surface area contributed by atoms with Crippen LogP contribution in [0.4, 0.5) is 26.3 Å². The van der Waals surface area contributed by atoms with Crippen molar-refractivity contribution >= 4 is 11.2 Å². The smallest absolute Gasteiger partial charge is 0.387 e. The highest BCUT2D eigenvalue weighted by molar-refractivity contribution is 5.68. The van der Waals surface area contributed by atoms with Crippen LogP contribution in [0, 0.1) is 0 Å². The largest absolute Gasteiger partial charge is 0.429 e. The van der Waals surface area contributed by atoms with Gasteiger partial charge in [0.15, 0.2) is 11.7 Å². The maximum Gasteiger partial charge on any atom is 0.429 e. The Hall–Kier alpha value is -2.43. The first-order chi connectivity index (χ1) is 12.7. The van der Waals surface area contributed by atoms with Crippen LogP contribution in [0.15, 0.2) is 15.9 Å². The van der Waals surface area contributed by atoms with E-state index in [2.05, 4.69) is 9.72 Å². The number of H-pyrrole nitrogens is 2. The zero-order chi connectivity index (χ0) is 21.2. The molecular formula is C12H10F6N4O6. The molecule has 0 saturated carbocycles. The summed E-state index contributed by atoms with van der Waals surface area (Å²) in [5.74, 6) is 0. The predicted molar refractivity (Wildman–Crippen MR) is 74.0 cm³/mol. The maximum atomic E-state index is 13.0. The number of aromatic nitrogens is 4. The summed E-state index contributed by atoms with van der Waals surface area (Å²) in [7, 11) is 0. The second-order valence-electron chi connectivity index (χ2n) is 5.95. The molecule has 28 heavy (non-hydrogen) atoms. The average molecular weight is 420 g/mol. The molecular weight excluding hydrogens is 410 g/mol. The first-order valence-corrected chi connectivity index (χ1v) is 7.26. The number of halogens is 6. The van der Waals surface area contributed by atoms with Crippen molar-refractivity contribution in [2.75, 3.05) is 0 Å². The third kappa shape index (κ3) is 2.71. The third-order valence-corrected chi connectivity index (χ3v) is 4.26. The predicted octanol–water partition coefficient (Wildman–Crippen LogP) is -1.11. The highest BCUT2D eigenvalue weighted by Crippen LogP contribution is 2.50. The number of aliphatic hydroxyl groups excluding tert-OH is 2. The van der Waals surface area contributed by atoms with Crippen molar-refractivity contribution in [3.8, 4) is 0 Å². The molecule has 1 fully saturated rings. The van der Waals surface area contributed by atoms with Gasteiger partial charge in [-0.25, -0.2) is 9.78 Å². The van der Waals surface area contributed by atoms with Gasteiger partial charge in [0.2, 0.25) is 0 Å². The van der Waals surface area contributed by atoms with Crippen LogP contribution in [0.25, 0.3) is 11.2 Å². The number of imidazole rings is 1. The van der Waals surface area contributed by atoms with Gasteiger partial charge in [-0.05, 0) is 0 Å². The fourth-order valence-corrected chi connectivity index (χ4v) is 2.86. The molecule has 1 saturated heterocycles. The van der Waals surface area contributed by atoms with Crippen LogP contribution >= 0.6 is 0 Å². The Labute approximate surface area is 148 Å². The summed E-state index contributed by atoms with van der Waals surface area (Å²) in [5.41, 5.74) is -8.63. The van der Waals surface area contributed by atoms with Crippen LogP contribution in [0.3, 0.4) is 0 Å². The van der Waals surface area contributed by atoms with E-state index < -0.39 is 64.9 Å². The molecule has 2 aromatic rings. The number of hydrogen-bond donors (Lipinski definition) is 5. The minimum Gasteiger partial charge on any atom is -0.387 e. The Bertz CT molecular complexity index is 995. The number of aliphatic hydroxyl groups is 3. The van der Waals surface area contributed by atoms with Crippen molar-refractivity contribution in [1.82, 2.24) is 19.5 Å². The molecule has 0 bridgehead atoms. The van der Waals surface area contributed by atoms with Crippen LogP contribution in [-0.4, -0.2) is 71.1 Å². The molecule has 3 heterocycles. The first kappa shape index (κ1) is 20.3. The van der Waals surface area contributed by atoms with E-state index >= 15 is 0 Å². The highest BCUT2D eigenvalue weighted by Gasteiger charge is 2.78. The number of nitrogens with zero attached hydrogens (tertiary/aromatic N) is 2. The van der Waals surface area contributed by atoms with E-state index in [0.29, 0.717) is 10.9 Å². The van der Waals surface area contributed by atoms with E-state index in [1.54, 1.807) is 4.98 Å². The van der Waals surface area contributed by atoms with Crippen molar-refractivity contribution in [1.29, 1.82) is 0 Å². The fourth-order valence-electron chi connectivity index (χ4n) is 2.86. The van der Waals surface area contributed by atoms with Gasteiger partial charge in [0.05, 0.1) is 6.33 Å². The minimum atomic E-state index is -6.33. The SMILES string of the molecule is O=c1[nH]c(=O)c2ncn([C@@H]3O[C@H](C(O)(C(F)(F)F)C(F)(F)F)[C@@H](O)[C@H]3O)c2[nH]1. The van der Waals surface area contributed by atoms with Gasteiger partial charge >= 0.3 is 18.0 Å². The second kappa shape index (κ2) is 6.03. The molecule has 0 aromatic carbocycles. The molecule has 0 aliphatic carbocycles. The van der Waals surface area contributed by atoms with Crippen LogP contribution in [-0.2, 0) is 4.74 Å². The van der Waals surface area contributed by atoms with Crippen LogP contribution in [0.1, 0.15) is 6.23 Å². The lowest BCUT2D eigenvalue weighted by atomic mass is 9.90. The summed E-state index contributed by atoms with van der Waals surface area (Å²) in [6.45, 7) is 0. The van der Waals surface area contributed by atoms with Gasteiger partial charge in [-0.1, -0.05) is 0 Å². The number of nitrogens with one attached hydrogen (secondary N) is 2. The second-order valence-corrected chi connectivity index (χ2v) is 5.95. The van der Waals surface area contributed by atoms with Gasteiger partial charge in [0.1, 0.15) is 24.0 Å². The molecule has 156 valence electrons. The van der Waals surface area contributed by atoms with E-state index in [-0.39, 0.29) is 0 Å². The Kier molecular flexibility index (Phi) is 4.37. The Morgan fingerprint density at radius 1 is 1.04 bits per heavy atom. The summed E-state index contributed by atoms with van der Waals surface area (Å²) in [4.78, 5) is 30.3. The molecule has 4 atom stereocenters. The molecule has 0 radical (unpaired) electrons. The summed E-state index contributed by atoms with van der Waals surface area (Å²) in [5, 5.41) is 29.1. The summed E-state index contributed by atoms with van der Waals surface area (Å²) in [6, 6.07) is 0. The molecule has 0 spiro atoms.